The summed E-state index contributed by atoms with van der Waals surface area (Å²) in [5.74, 6) is -1.84. The smallest absolute Gasteiger partial charge is 0.326 e. The van der Waals surface area contributed by atoms with Crippen LogP contribution in [-0.2, 0) is 15.0 Å². The van der Waals surface area contributed by atoms with Crippen LogP contribution in [0.1, 0.15) is 20.3 Å². The number of anilines is 2. The molecule has 0 radical (unpaired) electrons. The van der Waals surface area contributed by atoms with Gasteiger partial charge in [0.05, 0.1) is 0 Å². The van der Waals surface area contributed by atoms with Gasteiger partial charge in [-0.2, -0.15) is 8.42 Å². The third-order valence-corrected chi connectivity index (χ3v) is 5.22. The number of fused-ring (bicyclic) bond motifs is 1. The maximum Gasteiger partial charge on any atom is 0.326 e. The van der Waals surface area contributed by atoms with E-state index in [0.29, 0.717) is 16.8 Å². The van der Waals surface area contributed by atoms with Crippen LogP contribution in [0, 0.1) is 11.7 Å². The summed E-state index contributed by atoms with van der Waals surface area (Å²) in [6.07, 6.45) is 2.19. The number of carbonyl (C=O) groups is 1. The second-order valence-corrected chi connectivity index (χ2v) is 7.93. The molecule has 0 aliphatic carbocycles. The molecule has 1 aromatic heterocycles. The number of halogens is 1. The highest BCUT2D eigenvalue weighted by atomic mass is 32.2. The fourth-order valence-corrected chi connectivity index (χ4v) is 3.72. The van der Waals surface area contributed by atoms with E-state index in [9.17, 15) is 22.7 Å². The molecule has 9 nitrogen and oxygen atoms in total. The van der Waals surface area contributed by atoms with Gasteiger partial charge in [-0.15, -0.1) is 0 Å². The van der Waals surface area contributed by atoms with E-state index < -0.39 is 39.9 Å². The van der Waals surface area contributed by atoms with E-state index in [1.807, 2.05) is 0 Å². The molecule has 11 heteroatoms. The third-order valence-electron chi connectivity index (χ3n) is 3.84. The Morgan fingerprint density at radius 3 is 2.81 bits per heavy atom. The Morgan fingerprint density at radius 2 is 2.19 bits per heavy atom. The lowest BCUT2D eigenvalue weighted by atomic mass is 10.1. The summed E-state index contributed by atoms with van der Waals surface area (Å²) in [5.41, 5.74) is -0.780. The molecule has 1 saturated heterocycles. The molecule has 1 aliphatic rings. The van der Waals surface area contributed by atoms with E-state index in [1.165, 1.54) is 6.20 Å². The SMILES string of the molecule is CC(C)CCNc1ncc2cc(O)c(N3CC(=O)NS3(=O)=O)c(F)c2n1. The highest BCUT2D eigenvalue weighted by Crippen LogP contribution is 2.37. The van der Waals surface area contributed by atoms with Crippen molar-refractivity contribution in [2.45, 2.75) is 20.3 Å². The fourth-order valence-electron chi connectivity index (χ4n) is 2.55. The average molecular weight is 383 g/mol. The number of nitrogens with zero attached hydrogens (tertiary/aromatic N) is 3. The van der Waals surface area contributed by atoms with Gasteiger partial charge in [-0.3, -0.25) is 4.79 Å². The zero-order valence-corrected chi connectivity index (χ0v) is 15.0. The normalized spacial score (nSPS) is 16.3. The first-order valence-electron chi connectivity index (χ1n) is 7.94. The van der Waals surface area contributed by atoms with Gasteiger partial charge < -0.3 is 10.4 Å². The number of hydrogen-bond donors (Lipinski definition) is 3. The molecule has 1 amide bonds. The van der Waals surface area contributed by atoms with Gasteiger partial charge in [-0.25, -0.2) is 23.4 Å². The molecule has 0 unspecified atom stereocenters. The molecule has 0 bridgehead atoms. The molecule has 3 rings (SSSR count). The van der Waals surface area contributed by atoms with Crippen molar-refractivity contribution in [3.63, 3.8) is 0 Å². The lowest BCUT2D eigenvalue weighted by molar-refractivity contribution is -0.117. The number of phenols is 1. The molecule has 140 valence electrons. The number of benzene rings is 1. The van der Waals surface area contributed by atoms with Crippen LogP contribution in [0.15, 0.2) is 12.3 Å². The van der Waals surface area contributed by atoms with Gasteiger partial charge in [-0.05, 0) is 18.4 Å². The molecule has 26 heavy (non-hydrogen) atoms. The van der Waals surface area contributed by atoms with Crippen molar-refractivity contribution < 1.29 is 22.7 Å². The monoisotopic (exact) mass is 383 g/mol. The van der Waals surface area contributed by atoms with Crippen LogP contribution in [-0.4, -0.2) is 42.5 Å². The number of aromatic nitrogens is 2. The van der Waals surface area contributed by atoms with Crippen molar-refractivity contribution in [3.8, 4) is 5.75 Å². The molecule has 0 saturated carbocycles. The lowest BCUT2D eigenvalue weighted by Gasteiger charge is -2.18. The molecular weight excluding hydrogens is 365 g/mol. The summed E-state index contributed by atoms with van der Waals surface area (Å²) >= 11 is 0. The first-order valence-corrected chi connectivity index (χ1v) is 9.38. The molecule has 0 spiro atoms. The number of phenolic OH excluding ortho intramolecular Hbond substituents is 1. The van der Waals surface area contributed by atoms with Crippen LogP contribution in [0.3, 0.4) is 0 Å². The Balaban J connectivity index is 2.04. The standard InChI is InChI=1S/C15H18FN5O4S/c1-8(2)3-4-17-15-18-6-9-5-10(22)14(12(16)13(9)19-15)21-7-11(23)20-26(21,24)25/h5-6,8,22H,3-4,7H2,1-2H3,(H,20,23)(H,17,18,19). The zero-order chi connectivity index (χ0) is 19.1. The van der Waals surface area contributed by atoms with Crippen LogP contribution in [0.4, 0.5) is 16.0 Å². The second-order valence-electron chi connectivity index (χ2n) is 6.34. The largest absolute Gasteiger partial charge is 0.506 e. The van der Waals surface area contributed by atoms with E-state index in [4.69, 9.17) is 0 Å². The number of hydrogen-bond acceptors (Lipinski definition) is 7. The molecular formula is C15H18FN5O4S. The lowest BCUT2D eigenvalue weighted by Crippen LogP contribution is -2.30. The first-order chi connectivity index (χ1) is 12.2. The molecule has 2 aromatic rings. The van der Waals surface area contributed by atoms with Crippen molar-refractivity contribution in [2.24, 2.45) is 5.92 Å². The van der Waals surface area contributed by atoms with Crippen LogP contribution >= 0.6 is 0 Å². The zero-order valence-electron chi connectivity index (χ0n) is 14.2. The Hall–Kier alpha value is -2.69. The number of aromatic hydroxyl groups is 1. The van der Waals surface area contributed by atoms with E-state index in [0.717, 1.165) is 12.5 Å². The van der Waals surface area contributed by atoms with Gasteiger partial charge in [0.25, 0.3) is 5.91 Å². The summed E-state index contributed by atoms with van der Waals surface area (Å²) < 4.78 is 41.1. The quantitative estimate of drug-likeness (QED) is 0.706. The van der Waals surface area contributed by atoms with Gasteiger partial charge >= 0.3 is 10.2 Å². The number of nitrogens with one attached hydrogen (secondary N) is 2. The number of carbonyl (C=O) groups excluding carboxylic acids is 1. The Bertz CT molecular complexity index is 980. The molecule has 0 atom stereocenters. The maximum atomic E-state index is 15.0. The maximum absolute atomic E-state index is 15.0. The van der Waals surface area contributed by atoms with Crippen LogP contribution in [0.25, 0.3) is 10.9 Å². The van der Waals surface area contributed by atoms with E-state index >= 15 is 0 Å². The predicted molar refractivity (Wildman–Crippen MR) is 93.5 cm³/mol. The average Bonchev–Trinajstić information content (AvgIpc) is 2.80. The van der Waals surface area contributed by atoms with Crippen molar-refractivity contribution in [2.75, 3.05) is 22.7 Å². The fraction of sp³-hybridized carbons (Fsp3) is 0.400. The van der Waals surface area contributed by atoms with Gasteiger partial charge in [0, 0.05) is 18.1 Å². The minimum atomic E-state index is -4.26. The van der Waals surface area contributed by atoms with Crippen molar-refractivity contribution in [1.29, 1.82) is 0 Å². The third kappa shape index (κ3) is 3.34. The predicted octanol–water partition coefficient (Wildman–Crippen LogP) is 1.11. The van der Waals surface area contributed by atoms with Gasteiger partial charge in [-0.1, -0.05) is 13.8 Å². The Morgan fingerprint density at radius 1 is 1.46 bits per heavy atom. The summed E-state index contributed by atoms with van der Waals surface area (Å²) in [6.45, 7) is 4.09. The highest BCUT2D eigenvalue weighted by Gasteiger charge is 2.38. The summed E-state index contributed by atoms with van der Waals surface area (Å²) in [6, 6.07) is 1.16. The van der Waals surface area contributed by atoms with E-state index in [2.05, 4.69) is 29.1 Å². The van der Waals surface area contributed by atoms with E-state index in [-0.39, 0.29) is 16.9 Å². The topological polar surface area (TPSA) is 125 Å². The minimum Gasteiger partial charge on any atom is -0.506 e. The van der Waals surface area contributed by atoms with Crippen LogP contribution in [0.2, 0.25) is 0 Å². The summed E-state index contributed by atoms with van der Waals surface area (Å²) in [5, 5.41) is 13.3. The Kier molecular flexibility index (Phi) is 4.57. The molecule has 1 aromatic carbocycles. The second kappa shape index (κ2) is 6.56. The molecule has 1 aliphatic heterocycles. The van der Waals surface area contributed by atoms with Crippen molar-refractivity contribution >= 4 is 38.7 Å². The van der Waals surface area contributed by atoms with Gasteiger partial charge in [0.2, 0.25) is 5.95 Å². The Labute approximate surface area is 149 Å². The number of amides is 1. The van der Waals surface area contributed by atoms with Crippen molar-refractivity contribution in [1.82, 2.24) is 14.7 Å². The summed E-state index contributed by atoms with van der Waals surface area (Å²) in [7, 11) is -4.26. The van der Waals surface area contributed by atoms with Crippen molar-refractivity contribution in [3.05, 3.63) is 18.1 Å². The molecule has 2 heterocycles. The first kappa shape index (κ1) is 18.1. The van der Waals surface area contributed by atoms with Crippen LogP contribution < -0.4 is 14.3 Å². The molecule has 3 N–H and O–H groups in total. The van der Waals surface area contributed by atoms with E-state index in [1.54, 1.807) is 4.72 Å². The molecule has 1 fully saturated rings. The highest BCUT2D eigenvalue weighted by molar-refractivity contribution is 7.92. The van der Waals surface area contributed by atoms with Gasteiger partial charge in [0.1, 0.15) is 23.5 Å². The van der Waals surface area contributed by atoms with Crippen LogP contribution in [0.5, 0.6) is 5.75 Å². The minimum absolute atomic E-state index is 0.158. The summed E-state index contributed by atoms with van der Waals surface area (Å²) in [4.78, 5) is 19.5. The van der Waals surface area contributed by atoms with Gasteiger partial charge in [0.15, 0.2) is 5.82 Å². The number of rotatable bonds is 5.